The smallest absolute Gasteiger partial charge is 0.161 e. The molecule has 0 spiro atoms. The van der Waals surface area contributed by atoms with Crippen LogP contribution in [0.5, 0.6) is 11.5 Å². The van der Waals surface area contributed by atoms with E-state index in [4.69, 9.17) is 9.47 Å². The lowest BCUT2D eigenvalue weighted by Gasteiger charge is -2.10. The van der Waals surface area contributed by atoms with Gasteiger partial charge in [0.1, 0.15) is 5.82 Å². The number of benzene rings is 1. The standard InChI is InChI=1S/C15H18N2O2/c1-18-13-7-2-3-8-14(13)19-12-6-11-17-15-9-4-5-10-16-15/h2-5,7-10H,6,11-12H2,1H3,(H,16,17). The van der Waals surface area contributed by atoms with Crippen molar-refractivity contribution in [2.45, 2.75) is 6.42 Å². The fraction of sp³-hybridized carbons (Fsp3) is 0.267. The van der Waals surface area contributed by atoms with Gasteiger partial charge in [0.25, 0.3) is 0 Å². The van der Waals surface area contributed by atoms with Crippen molar-refractivity contribution in [1.82, 2.24) is 4.98 Å². The van der Waals surface area contributed by atoms with Crippen LogP contribution in [-0.2, 0) is 0 Å². The molecule has 4 heteroatoms. The average molecular weight is 258 g/mol. The van der Waals surface area contributed by atoms with E-state index in [9.17, 15) is 0 Å². The maximum atomic E-state index is 5.68. The van der Waals surface area contributed by atoms with Crippen molar-refractivity contribution in [3.05, 3.63) is 48.7 Å². The molecule has 0 bridgehead atoms. The van der Waals surface area contributed by atoms with Gasteiger partial charge in [-0.05, 0) is 30.7 Å². The Hall–Kier alpha value is -2.23. The van der Waals surface area contributed by atoms with E-state index < -0.39 is 0 Å². The maximum Gasteiger partial charge on any atom is 0.161 e. The molecule has 1 N–H and O–H groups in total. The van der Waals surface area contributed by atoms with Crippen molar-refractivity contribution in [3.8, 4) is 11.5 Å². The molecule has 1 aromatic carbocycles. The third-order valence-corrected chi connectivity index (χ3v) is 2.62. The third kappa shape index (κ3) is 4.17. The van der Waals surface area contributed by atoms with Crippen molar-refractivity contribution in [1.29, 1.82) is 0 Å². The van der Waals surface area contributed by atoms with E-state index in [0.29, 0.717) is 6.61 Å². The lowest BCUT2D eigenvalue weighted by atomic mass is 10.3. The molecule has 0 aliphatic rings. The second kappa shape index (κ2) is 7.26. The first-order chi connectivity index (χ1) is 9.40. The highest BCUT2D eigenvalue weighted by Gasteiger charge is 2.01. The van der Waals surface area contributed by atoms with Crippen LogP contribution in [0.15, 0.2) is 48.7 Å². The molecule has 1 heterocycles. The molecule has 0 aliphatic carbocycles. The summed E-state index contributed by atoms with van der Waals surface area (Å²) in [5, 5.41) is 3.24. The first-order valence-electron chi connectivity index (χ1n) is 6.31. The lowest BCUT2D eigenvalue weighted by Crippen LogP contribution is -2.08. The van der Waals surface area contributed by atoms with E-state index in [1.54, 1.807) is 13.3 Å². The number of nitrogens with zero attached hydrogens (tertiary/aromatic N) is 1. The fourth-order valence-electron chi connectivity index (χ4n) is 1.68. The van der Waals surface area contributed by atoms with Crippen molar-refractivity contribution in [2.75, 3.05) is 25.6 Å². The second-order valence-corrected chi connectivity index (χ2v) is 3.99. The quantitative estimate of drug-likeness (QED) is 0.775. The summed E-state index contributed by atoms with van der Waals surface area (Å²) in [6, 6.07) is 13.5. The van der Waals surface area contributed by atoms with Gasteiger partial charge >= 0.3 is 0 Å². The van der Waals surface area contributed by atoms with Crippen molar-refractivity contribution < 1.29 is 9.47 Å². The Bertz CT molecular complexity index is 489. The first kappa shape index (κ1) is 13.2. The molecule has 4 nitrogen and oxygen atoms in total. The van der Waals surface area contributed by atoms with Crippen LogP contribution >= 0.6 is 0 Å². The number of pyridine rings is 1. The number of ether oxygens (including phenoxy) is 2. The maximum absolute atomic E-state index is 5.68. The minimum atomic E-state index is 0.639. The average Bonchev–Trinajstić information content (AvgIpc) is 2.48. The van der Waals surface area contributed by atoms with Crippen LogP contribution in [0.25, 0.3) is 0 Å². The van der Waals surface area contributed by atoms with Crippen LogP contribution < -0.4 is 14.8 Å². The normalized spacial score (nSPS) is 9.95. The minimum absolute atomic E-state index is 0.639. The van der Waals surface area contributed by atoms with Gasteiger partial charge in [0.2, 0.25) is 0 Å². The first-order valence-corrected chi connectivity index (χ1v) is 6.31. The van der Waals surface area contributed by atoms with Crippen LogP contribution in [0, 0.1) is 0 Å². The zero-order valence-electron chi connectivity index (χ0n) is 11.0. The van der Waals surface area contributed by atoms with E-state index in [2.05, 4.69) is 10.3 Å². The number of rotatable bonds is 7. The van der Waals surface area contributed by atoms with Gasteiger partial charge in [0, 0.05) is 12.7 Å². The van der Waals surface area contributed by atoms with Crippen LogP contribution in [0.1, 0.15) is 6.42 Å². The number of para-hydroxylation sites is 2. The predicted molar refractivity (Wildman–Crippen MR) is 75.8 cm³/mol. The Morgan fingerprint density at radius 3 is 2.58 bits per heavy atom. The van der Waals surface area contributed by atoms with E-state index >= 15 is 0 Å². The number of methoxy groups -OCH3 is 1. The molecular weight excluding hydrogens is 240 g/mol. The summed E-state index contributed by atoms with van der Waals surface area (Å²) in [7, 11) is 1.64. The molecule has 0 fully saturated rings. The summed E-state index contributed by atoms with van der Waals surface area (Å²) in [5.41, 5.74) is 0. The Balaban J connectivity index is 1.69. The monoisotopic (exact) mass is 258 g/mol. The highest BCUT2D eigenvalue weighted by molar-refractivity contribution is 5.39. The number of nitrogens with one attached hydrogen (secondary N) is 1. The molecule has 0 aliphatic heterocycles. The molecule has 2 aromatic rings. The molecular formula is C15H18N2O2. The Morgan fingerprint density at radius 1 is 1.05 bits per heavy atom. The summed E-state index contributed by atoms with van der Waals surface area (Å²) in [5.74, 6) is 2.43. The molecule has 0 atom stereocenters. The fourth-order valence-corrected chi connectivity index (χ4v) is 1.68. The minimum Gasteiger partial charge on any atom is -0.493 e. The molecule has 2 rings (SSSR count). The molecule has 0 radical (unpaired) electrons. The third-order valence-electron chi connectivity index (χ3n) is 2.62. The van der Waals surface area contributed by atoms with Crippen molar-refractivity contribution in [3.63, 3.8) is 0 Å². The zero-order chi connectivity index (χ0) is 13.3. The Morgan fingerprint density at radius 2 is 1.84 bits per heavy atom. The van der Waals surface area contributed by atoms with Crippen molar-refractivity contribution >= 4 is 5.82 Å². The van der Waals surface area contributed by atoms with E-state index in [-0.39, 0.29) is 0 Å². The number of aromatic nitrogens is 1. The van der Waals surface area contributed by atoms with Crippen molar-refractivity contribution in [2.24, 2.45) is 0 Å². The summed E-state index contributed by atoms with van der Waals surface area (Å²) in [6.07, 6.45) is 2.67. The largest absolute Gasteiger partial charge is 0.493 e. The predicted octanol–water partition coefficient (Wildman–Crippen LogP) is 2.97. The van der Waals surface area contributed by atoms with Gasteiger partial charge in [0.05, 0.1) is 13.7 Å². The summed E-state index contributed by atoms with van der Waals surface area (Å²) >= 11 is 0. The van der Waals surface area contributed by atoms with Crippen LogP contribution in [0.2, 0.25) is 0 Å². The molecule has 0 amide bonds. The van der Waals surface area contributed by atoms with Crippen LogP contribution in [0.3, 0.4) is 0 Å². The van der Waals surface area contributed by atoms with E-state index in [1.807, 2.05) is 42.5 Å². The van der Waals surface area contributed by atoms with Gasteiger partial charge < -0.3 is 14.8 Å². The summed E-state index contributed by atoms with van der Waals surface area (Å²) in [4.78, 5) is 4.19. The van der Waals surface area contributed by atoms with E-state index in [0.717, 1.165) is 30.3 Å². The van der Waals surface area contributed by atoms with Gasteiger partial charge in [-0.15, -0.1) is 0 Å². The zero-order valence-corrected chi connectivity index (χ0v) is 11.0. The van der Waals surface area contributed by atoms with Gasteiger partial charge in [-0.3, -0.25) is 0 Å². The summed E-state index contributed by atoms with van der Waals surface area (Å²) < 4.78 is 10.9. The van der Waals surface area contributed by atoms with Gasteiger partial charge in [0.15, 0.2) is 11.5 Å². The van der Waals surface area contributed by atoms with Gasteiger partial charge in [-0.1, -0.05) is 18.2 Å². The Kier molecular flexibility index (Phi) is 5.05. The molecule has 100 valence electrons. The van der Waals surface area contributed by atoms with Crippen LogP contribution in [0.4, 0.5) is 5.82 Å². The molecule has 19 heavy (non-hydrogen) atoms. The lowest BCUT2D eigenvalue weighted by molar-refractivity contribution is 0.292. The van der Waals surface area contributed by atoms with Gasteiger partial charge in [-0.25, -0.2) is 4.98 Å². The summed E-state index contributed by atoms with van der Waals surface area (Å²) in [6.45, 7) is 1.46. The topological polar surface area (TPSA) is 43.4 Å². The molecule has 0 saturated heterocycles. The highest BCUT2D eigenvalue weighted by Crippen LogP contribution is 2.25. The number of hydrogen-bond donors (Lipinski definition) is 1. The Labute approximate surface area is 113 Å². The molecule has 0 saturated carbocycles. The number of hydrogen-bond acceptors (Lipinski definition) is 4. The van der Waals surface area contributed by atoms with Gasteiger partial charge in [-0.2, -0.15) is 0 Å². The van der Waals surface area contributed by atoms with Crippen LogP contribution in [-0.4, -0.2) is 25.2 Å². The highest BCUT2D eigenvalue weighted by atomic mass is 16.5. The number of anilines is 1. The SMILES string of the molecule is COc1ccccc1OCCCNc1ccccn1. The molecule has 1 aromatic heterocycles. The molecule has 0 unspecified atom stereocenters. The second-order valence-electron chi connectivity index (χ2n) is 3.99. The van der Waals surface area contributed by atoms with E-state index in [1.165, 1.54) is 0 Å².